The number of benzene rings is 2. The summed E-state index contributed by atoms with van der Waals surface area (Å²) in [6.45, 7) is 3.36. The third-order valence-electron chi connectivity index (χ3n) is 6.90. The summed E-state index contributed by atoms with van der Waals surface area (Å²) in [7, 11) is 0. The van der Waals surface area contributed by atoms with Gasteiger partial charge in [-0.05, 0) is 37.0 Å². The Kier molecular flexibility index (Phi) is 6.83. The van der Waals surface area contributed by atoms with Gasteiger partial charge in [-0.25, -0.2) is 13.2 Å². The Bertz CT molecular complexity index is 1100. The van der Waals surface area contributed by atoms with E-state index in [2.05, 4.69) is 34.6 Å². The van der Waals surface area contributed by atoms with Crippen molar-refractivity contribution in [2.75, 3.05) is 24.5 Å². The van der Waals surface area contributed by atoms with Gasteiger partial charge in [-0.1, -0.05) is 30.3 Å². The maximum atomic E-state index is 15.1. The van der Waals surface area contributed by atoms with Crippen molar-refractivity contribution in [2.24, 2.45) is 0 Å². The molecule has 0 radical (unpaired) electrons. The summed E-state index contributed by atoms with van der Waals surface area (Å²) in [5, 5.41) is 11.4. The van der Waals surface area contributed by atoms with Crippen molar-refractivity contribution in [3.05, 3.63) is 77.9 Å². The van der Waals surface area contributed by atoms with Crippen LogP contribution >= 0.6 is 11.8 Å². The van der Waals surface area contributed by atoms with Gasteiger partial charge < -0.3 is 14.8 Å². The van der Waals surface area contributed by atoms with Gasteiger partial charge in [0.1, 0.15) is 30.5 Å². The third kappa shape index (κ3) is 4.81. The first-order valence-electron chi connectivity index (χ1n) is 11.6. The van der Waals surface area contributed by atoms with Gasteiger partial charge in [-0.15, -0.1) is 22.0 Å². The molecule has 180 valence electrons. The molecule has 2 aliphatic rings. The Morgan fingerprint density at radius 3 is 2.59 bits per heavy atom. The van der Waals surface area contributed by atoms with Crippen LogP contribution in [-0.4, -0.2) is 51.9 Å². The van der Waals surface area contributed by atoms with Crippen LogP contribution in [0.1, 0.15) is 35.8 Å². The lowest BCUT2D eigenvalue weighted by atomic mass is 10.00. The van der Waals surface area contributed by atoms with E-state index in [9.17, 15) is 4.39 Å². The normalized spacial score (nSPS) is 27.6. The van der Waals surface area contributed by atoms with Crippen molar-refractivity contribution in [2.45, 2.75) is 48.5 Å². The summed E-state index contributed by atoms with van der Waals surface area (Å²) < 4.78 is 46.8. The van der Waals surface area contributed by atoms with Gasteiger partial charge in [0.15, 0.2) is 0 Å². The van der Waals surface area contributed by atoms with Crippen LogP contribution in [0.5, 0.6) is 0 Å². The van der Waals surface area contributed by atoms with Gasteiger partial charge in [0.2, 0.25) is 0 Å². The number of piperidine rings is 1. The van der Waals surface area contributed by atoms with E-state index < -0.39 is 23.8 Å². The molecular weight excluding hydrogens is 459 g/mol. The fourth-order valence-corrected chi connectivity index (χ4v) is 6.45. The zero-order chi connectivity index (χ0) is 23.7. The number of rotatable bonds is 5. The average Bonchev–Trinajstić information content (AvgIpc) is 3.38. The van der Waals surface area contributed by atoms with Crippen LogP contribution in [0.25, 0.3) is 0 Å². The minimum Gasteiger partial charge on any atom is -0.366 e. The molecule has 1 N–H and O–H groups in total. The number of thioether (sulfide) groups is 1. The van der Waals surface area contributed by atoms with Crippen molar-refractivity contribution in [3.8, 4) is 0 Å². The molecule has 5 nitrogen and oxygen atoms in total. The van der Waals surface area contributed by atoms with E-state index in [4.69, 9.17) is 0 Å². The molecule has 9 heteroatoms. The Morgan fingerprint density at radius 2 is 1.85 bits per heavy atom. The number of aromatic nitrogens is 3. The molecule has 2 aromatic carbocycles. The van der Waals surface area contributed by atoms with Crippen LogP contribution in [-0.2, 0) is 6.42 Å². The van der Waals surface area contributed by atoms with E-state index in [1.54, 1.807) is 9.47 Å². The molecule has 0 amide bonds. The quantitative estimate of drug-likeness (QED) is 0.564. The average molecular weight is 488 g/mol. The van der Waals surface area contributed by atoms with Crippen molar-refractivity contribution in [1.29, 1.82) is 0 Å². The molecular formula is C25H28F3N5S. The van der Waals surface area contributed by atoms with Gasteiger partial charge in [0.25, 0.3) is 0 Å². The topological polar surface area (TPSA) is 46.0 Å². The maximum absolute atomic E-state index is 15.1. The molecule has 1 unspecified atom stereocenters. The first-order chi connectivity index (χ1) is 16.5. The van der Waals surface area contributed by atoms with Gasteiger partial charge in [0.05, 0.1) is 18.3 Å². The molecule has 0 spiro atoms. The highest BCUT2D eigenvalue weighted by atomic mass is 32.2. The van der Waals surface area contributed by atoms with Gasteiger partial charge >= 0.3 is 0 Å². The Hall–Kier alpha value is -2.52. The monoisotopic (exact) mass is 487 g/mol. The second-order valence-electron chi connectivity index (χ2n) is 9.10. The highest BCUT2D eigenvalue weighted by Gasteiger charge is 2.33. The minimum atomic E-state index is -1.23. The summed E-state index contributed by atoms with van der Waals surface area (Å²) in [5.74, 6) is -0.949. The fourth-order valence-electron chi connectivity index (χ4n) is 4.91. The van der Waals surface area contributed by atoms with Gasteiger partial charge in [-0.2, -0.15) is 0 Å². The van der Waals surface area contributed by atoms with Gasteiger partial charge in [0, 0.05) is 35.7 Å². The number of halogens is 3. The van der Waals surface area contributed by atoms with E-state index in [0.717, 1.165) is 6.54 Å². The number of nitrogens with zero attached hydrogens (tertiary/aromatic N) is 4. The van der Waals surface area contributed by atoms with Gasteiger partial charge in [-0.3, -0.25) is 0 Å². The molecule has 1 aromatic heterocycles. The highest BCUT2D eigenvalue weighted by molar-refractivity contribution is 8.00. The summed E-state index contributed by atoms with van der Waals surface area (Å²) in [5.41, 5.74) is 1.71. The molecule has 5 rings (SSSR count). The Labute approximate surface area is 201 Å². The first kappa shape index (κ1) is 23.2. The summed E-state index contributed by atoms with van der Waals surface area (Å²) >= 11 is 1.81. The zero-order valence-corrected chi connectivity index (χ0v) is 19.8. The number of hydrogen-bond acceptors (Lipinski definition) is 5. The van der Waals surface area contributed by atoms with E-state index in [1.165, 1.54) is 30.4 Å². The Balaban J connectivity index is 1.28. The minimum absolute atomic E-state index is 0.00323. The molecule has 2 fully saturated rings. The largest absolute Gasteiger partial charge is 0.366 e. The van der Waals surface area contributed by atoms with Crippen LogP contribution in [0.15, 0.2) is 55.1 Å². The van der Waals surface area contributed by atoms with E-state index in [0.29, 0.717) is 24.9 Å². The zero-order valence-electron chi connectivity index (χ0n) is 18.9. The number of nitrogens with one attached hydrogen (secondary N) is 1. The van der Waals surface area contributed by atoms with Crippen LogP contribution in [0.2, 0.25) is 0 Å². The number of alkyl halides is 1. The summed E-state index contributed by atoms with van der Waals surface area (Å²) in [6.07, 6.45) is 2.64. The maximum Gasteiger partial charge on any atom is 0.146 e. The van der Waals surface area contributed by atoms with Crippen LogP contribution in [0.3, 0.4) is 0 Å². The fraction of sp³-hybridized carbons (Fsp3) is 0.440. The van der Waals surface area contributed by atoms with Crippen LogP contribution < -0.4 is 10.2 Å². The SMILES string of the molecule is C[C@@H]1NC[C@@H](c2ccccc2)SC1Cc1cc(F)c(N2CC[C@H](n3cnnc3)[C@H](F)C2)cc1F. The van der Waals surface area contributed by atoms with Crippen molar-refractivity contribution < 1.29 is 13.2 Å². The molecule has 2 saturated heterocycles. The second kappa shape index (κ2) is 10.00. The van der Waals surface area contributed by atoms with E-state index in [1.807, 2.05) is 30.0 Å². The molecule has 2 aliphatic heterocycles. The van der Waals surface area contributed by atoms with E-state index in [-0.39, 0.29) is 28.8 Å². The lowest BCUT2D eigenvalue weighted by Gasteiger charge is -2.37. The predicted octanol–water partition coefficient (Wildman–Crippen LogP) is 4.72. The smallest absolute Gasteiger partial charge is 0.146 e. The first-order valence-corrected chi connectivity index (χ1v) is 12.6. The van der Waals surface area contributed by atoms with Crippen molar-refractivity contribution >= 4 is 17.4 Å². The standard InChI is InChI=1S/C25H28F3N5S/c1-16-24(34-25(12-29-16)17-5-3-2-4-6-17)10-18-9-20(27)23(11-19(18)26)32-8-7-22(21(28)13-32)33-14-30-31-15-33/h2-6,9,11,14-16,21-22,24-25,29H,7-8,10,12-13H2,1H3/t16-,21+,22-,24?,25-/m0/s1. The lowest BCUT2D eigenvalue weighted by Crippen LogP contribution is -2.44. The van der Waals surface area contributed by atoms with Crippen LogP contribution in [0, 0.1) is 11.6 Å². The van der Waals surface area contributed by atoms with Crippen molar-refractivity contribution in [3.63, 3.8) is 0 Å². The Morgan fingerprint density at radius 1 is 1.09 bits per heavy atom. The summed E-state index contributed by atoms with van der Waals surface area (Å²) in [6, 6.07) is 12.6. The predicted molar refractivity (Wildman–Crippen MR) is 129 cm³/mol. The van der Waals surface area contributed by atoms with Crippen molar-refractivity contribution in [1.82, 2.24) is 20.1 Å². The highest BCUT2D eigenvalue weighted by Crippen LogP contribution is 2.39. The molecule has 5 atom stereocenters. The molecule has 34 heavy (non-hydrogen) atoms. The summed E-state index contributed by atoms with van der Waals surface area (Å²) in [4.78, 5) is 1.60. The molecule has 3 heterocycles. The molecule has 0 saturated carbocycles. The molecule has 0 aliphatic carbocycles. The number of hydrogen-bond donors (Lipinski definition) is 1. The molecule has 0 bridgehead atoms. The number of anilines is 1. The lowest BCUT2D eigenvalue weighted by molar-refractivity contribution is 0.199. The molecule has 3 aromatic rings. The third-order valence-corrected chi connectivity index (χ3v) is 8.59. The van der Waals surface area contributed by atoms with Crippen LogP contribution in [0.4, 0.5) is 18.9 Å². The second-order valence-corrected chi connectivity index (χ2v) is 10.5. The van der Waals surface area contributed by atoms with E-state index >= 15 is 8.78 Å².